The van der Waals surface area contributed by atoms with Gasteiger partial charge >= 0.3 is 0 Å². The molecular formula is C12H19N3O2. The van der Waals surface area contributed by atoms with Crippen molar-refractivity contribution in [3.63, 3.8) is 0 Å². The number of rotatable bonds is 4. The molecule has 1 heterocycles. The summed E-state index contributed by atoms with van der Waals surface area (Å²) in [5.74, 6) is 0.911. The zero-order chi connectivity index (χ0) is 12.3. The minimum absolute atomic E-state index is 0.0188. The maximum atomic E-state index is 11.6. The van der Waals surface area contributed by atoms with Crippen LogP contribution in [0.5, 0.6) is 0 Å². The van der Waals surface area contributed by atoms with E-state index >= 15 is 0 Å². The highest BCUT2D eigenvalue weighted by Crippen LogP contribution is 2.37. The number of carbonyl (C=O) groups excluding carboxylic acids is 1. The van der Waals surface area contributed by atoms with Crippen LogP contribution in [0.25, 0.3) is 0 Å². The Morgan fingerprint density at radius 1 is 1.47 bits per heavy atom. The summed E-state index contributed by atoms with van der Waals surface area (Å²) < 4.78 is 0. The first kappa shape index (κ1) is 12.3. The van der Waals surface area contributed by atoms with Crippen molar-refractivity contribution in [1.29, 1.82) is 5.26 Å². The molecule has 5 nitrogen and oxygen atoms in total. The number of likely N-dealkylation sites (tertiary alicyclic amines) is 1. The lowest BCUT2D eigenvalue weighted by Gasteiger charge is -2.17. The molecule has 17 heavy (non-hydrogen) atoms. The third-order valence-corrected chi connectivity index (χ3v) is 3.82. The smallest absolute Gasteiger partial charge is 0.234 e. The number of aliphatic hydroxyl groups excluding tert-OH is 1. The van der Waals surface area contributed by atoms with Crippen molar-refractivity contribution < 1.29 is 9.90 Å². The fraction of sp³-hybridized carbons (Fsp3) is 0.833. The van der Waals surface area contributed by atoms with Gasteiger partial charge in [-0.1, -0.05) is 0 Å². The van der Waals surface area contributed by atoms with E-state index in [0.717, 1.165) is 25.9 Å². The van der Waals surface area contributed by atoms with E-state index in [1.807, 2.05) is 6.07 Å². The van der Waals surface area contributed by atoms with E-state index in [1.54, 1.807) is 0 Å². The summed E-state index contributed by atoms with van der Waals surface area (Å²) in [5, 5.41) is 20.8. The number of nitriles is 1. The van der Waals surface area contributed by atoms with Gasteiger partial charge in [-0.2, -0.15) is 5.26 Å². The Hall–Kier alpha value is -1.12. The molecule has 0 aromatic heterocycles. The number of amides is 1. The standard InChI is InChI=1S/C12H19N3O2/c13-4-1-5-14-12(17)8-15-6-9-2-3-11(16)10(9)7-15/h9-11,16H,1-3,5-8H2,(H,14,17). The Labute approximate surface area is 101 Å². The molecule has 2 aliphatic rings. The first-order valence-electron chi connectivity index (χ1n) is 6.24. The van der Waals surface area contributed by atoms with Crippen molar-refractivity contribution in [2.75, 3.05) is 26.2 Å². The monoisotopic (exact) mass is 237 g/mol. The largest absolute Gasteiger partial charge is 0.393 e. The SMILES string of the molecule is N#CCCNC(=O)CN1CC2CCC(O)C2C1. The zero-order valence-electron chi connectivity index (χ0n) is 9.93. The van der Waals surface area contributed by atoms with E-state index in [2.05, 4.69) is 10.2 Å². The molecule has 94 valence electrons. The van der Waals surface area contributed by atoms with Crippen LogP contribution in [-0.4, -0.2) is 48.2 Å². The highest BCUT2D eigenvalue weighted by atomic mass is 16.3. The molecule has 0 spiro atoms. The molecule has 3 atom stereocenters. The molecule has 5 heteroatoms. The van der Waals surface area contributed by atoms with E-state index in [9.17, 15) is 9.90 Å². The van der Waals surface area contributed by atoms with Gasteiger partial charge in [0.25, 0.3) is 0 Å². The quantitative estimate of drug-likeness (QED) is 0.659. The molecule has 0 bridgehead atoms. The van der Waals surface area contributed by atoms with Crippen LogP contribution in [0.15, 0.2) is 0 Å². The van der Waals surface area contributed by atoms with E-state index in [0.29, 0.717) is 31.3 Å². The number of aliphatic hydroxyl groups is 1. The molecule has 1 saturated heterocycles. The summed E-state index contributed by atoms with van der Waals surface area (Å²) in [7, 11) is 0. The van der Waals surface area contributed by atoms with Crippen molar-refractivity contribution in [2.45, 2.75) is 25.4 Å². The molecule has 0 aromatic rings. The number of hydrogen-bond acceptors (Lipinski definition) is 4. The van der Waals surface area contributed by atoms with Crippen molar-refractivity contribution in [3.05, 3.63) is 0 Å². The minimum Gasteiger partial charge on any atom is -0.393 e. The van der Waals surface area contributed by atoms with Gasteiger partial charge in [0, 0.05) is 25.6 Å². The van der Waals surface area contributed by atoms with E-state index < -0.39 is 0 Å². The molecule has 1 amide bonds. The highest BCUT2D eigenvalue weighted by molar-refractivity contribution is 5.78. The maximum absolute atomic E-state index is 11.6. The number of fused-ring (bicyclic) bond motifs is 1. The molecule has 1 aliphatic carbocycles. The molecule has 0 aromatic carbocycles. The molecule has 2 fully saturated rings. The van der Waals surface area contributed by atoms with Crippen LogP contribution in [0, 0.1) is 23.2 Å². The minimum atomic E-state index is -0.174. The van der Waals surface area contributed by atoms with Gasteiger partial charge in [-0.3, -0.25) is 9.69 Å². The lowest BCUT2D eigenvalue weighted by molar-refractivity contribution is -0.122. The number of nitrogens with one attached hydrogen (secondary N) is 1. The maximum Gasteiger partial charge on any atom is 0.234 e. The van der Waals surface area contributed by atoms with Gasteiger partial charge < -0.3 is 10.4 Å². The topological polar surface area (TPSA) is 76.4 Å². The van der Waals surface area contributed by atoms with Gasteiger partial charge in [0.2, 0.25) is 5.91 Å². The molecule has 2 rings (SSSR count). The third-order valence-electron chi connectivity index (χ3n) is 3.82. The van der Waals surface area contributed by atoms with Crippen LogP contribution in [0.2, 0.25) is 0 Å². The fourth-order valence-corrected chi connectivity index (χ4v) is 2.97. The van der Waals surface area contributed by atoms with E-state index in [1.165, 1.54) is 0 Å². The normalized spacial score (nSPS) is 32.1. The molecule has 0 radical (unpaired) electrons. The van der Waals surface area contributed by atoms with Crippen LogP contribution in [0.1, 0.15) is 19.3 Å². The average molecular weight is 237 g/mol. The van der Waals surface area contributed by atoms with Crippen molar-refractivity contribution >= 4 is 5.91 Å². The lowest BCUT2D eigenvalue weighted by atomic mass is 10.00. The van der Waals surface area contributed by atoms with Crippen LogP contribution < -0.4 is 5.32 Å². The highest BCUT2D eigenvalue weighted by Gasteiger charge is 2.41. The second-order valence-corrected chi connectivity index (χ2v) is 5.02. The van der Waals surface area contributed by atoms with Crippen molar-refractivity contribution in [3.8, 4) is 6.07 Å². The lowest BCUT2D eigenvalue weighted by Crippen LogP contribution is -2.37. The van der Waals surface area contributed by atoms with Gasteiger partial charge in [-0.05, 0) is 18.8 Å². The molecular weight excluding hydrogens is 218 g/mol. The van der Waals surface area contributed by atoms with Gasteiger partial charge in [-0.25, -0.2) is 0 Å². The summed E-state index contributed by atoms with van der Waals surface area (Å²) in [6, 6.07) is 1.99. The van der Waals surface area contributed by atoms with Crippen LogP contribution in [0.3, 0.4) is 0 Å². The molecule has 1 aliphatic heterocycles. The Balaban J connectivity index is 1.71. The van der Waals surface area contributed by atoms with Crippen LogP contribution in [-0.2, 0) is 4.79 Å². The Kier molecular flexibility index (Phi) is 3.97. The summed E-state index contributed by atoms with van der Waals surface area (Å²) >= 11 is 0. The van der Waals surface area contributed by atoms with Gasteiger partial charge in [0.15, 0.2) is 0 Å². The first-order valence-corrected chi connectivity index (χ1v) is 6.24. The van der Waals surface area contributed by atoms with Crippen LogP contribution >= 0.6 is 0 Å². The molecule has 3 unspecified atom stereocenters. The summed E-state index contributed by atoms with van der Waals surface area (Å²) in [6.07, 6.45) is 2.18. The summed E-state index contributed by atoms with van der Waals surface area (Å²) in [4.78, 5) is 13.7. The van der Waals surface area contributed by atoms with Gasteiger partial charge in [0.05, 0.1) is 25.1 Å². The number of carbonyl (C=O) groups is 1. The fourth-order valence-electron chi connectivity index (χ4n) is 2.97. The predicted molar refractivity (Wildman–Crippen MR) is 61.9 cm³/mol. The third kappa shape index (κ3) is 2.96. The predicted octanol–water partition coefficient (Wildman–Crippen LogP) is -0.281. The summed E-state index contributed by atoms with van der Waals surface area (Å²) in [6.45, 7) is 2.58. The van der Waals surface area contributed by atoms with Crippen molar-refractivity contribution in [2.24, 2.45) is 11.8 Å². The Bertz CT molecular complexity index is 326. The van der Waals surface area contributed by atoms with E-state index in [4.69, 9.17) is 5.26 Å². The second kappa shape index (κ2) is 5.48. The zero-order valence-corrected chi connectivity index (χ0v) is 9.93. The van der Waals surface area contributed by atoms with Crippen LogP contribution in [0.4, 0.5) is 0 Å². The summed E-state index contributed by atoms with van der Waals surface area (Å²) in [5.41, 5.74) is 0. The van der Waals surface area contributed by atoms with Gasteiger partial charge in [-0.15, -0.1) is 0 Å². The Morgan fingerprint density at radius 3 is 3.00 bits per heavy atom. The average Bonchev–Trinajstić information content (AvgIpc) is 2.82. The number of hydrogen-bond donors (Lipinski definition) is 2. The van der Waals surface area contributed by atoms with Gasteiger partial charge in [0.1, 0.15) is 0 Å². The van der Waals surface area contributed by atoms with Crippen molar-refractivity contribution in [1.82, 2.24) is 10.2 Å². The molecule has 1 saturated carbocycles. The number of nitrogens with zero attached hydrogens (tertiary/aromatic N) is 2. The molecule has 2 N–H and O–H groups in total. The first-order chi connectivity index (χ1) is 8.20. The van der Waals surface area contributed by atoms with E-state index in [-0.39, 0.29) is 12.0 Å². The Morgan fingerprint density at radius 2 is 2.29 bits per heavy atom. The second-order valence-electron chi connectivity index (χ2n) is 5.02.